The highest BCUT2D eigenvalue weighted by molar-refractivity contribution is 6.26. The molecule has 0 saturated carbocycles. The normalized spacial score (nSPS) is 14.9. The van der Waals surface area contributed by atoms with Crippen LogP contribution in [-0.2, 0) is 4.74 Å². The summed E-state index contributed by atoms with van der Waals surface area (Å²) >= 11 is 0. The van der Waals surface area contributed by atoms with Crippen LogP contribution >= 0.6 is 0 Å². The molecule has 100 valence electrons. The van der Waals surface area contributed by atoms with Crippen LogP contribution < -0.4 is 0 Å². The minimum absolute atomic E-state index is 0.0765. The molecular formula is C16H18O3. The van der Waals surface area contributed by atoms with E-state index < -0.39 is 0 Å². The molecule has 0 unspecified atom stereocenters. The molecule has 0 spiro atoms. The summed E-state index contributed by atoms with van der Waals surface area (Å²) in [5.74, 6) is 0.285. The van der Waals surface area contributed by atoms with Crippen molar-refractivity contribution in [3.05, 3.63) is 46.7 Å². The molecule has 0 amide bonds. The number of ketones is 2. The van der Waals surface area contributed by atoms with Crippen molar-refractivity contribution in [2.75, 3.05) is 6.61 Å². The van der Waals surface area contributed by atoms with Crippen LogP contribution in [0.5, 0.6) is 0 Å². The number of fused-ring (bicyclic) bond motifs is 1. The Kier molecular flexibility index (Phi) is 3.84. The molecule has 0 radical (unpaired) electrons. The number of hydrogen-bond donors (Lipinski definition) is 0. The van der Waals surface area contributed by atoms with Crippen molar-refractivity contribution in [2.45, 2.75) is 27.2 Å². The maximum Gasteiger partial charge on any atom is 0.228 e. The van der Waals surface area contributed by atoms with Gasteiger partial charge in [-0.25, -0.2) is 0 Å². The number of hydrogen-bond acceptors (Lipinski definition) is 3. The molecule has 1 aliphatic rings. The van der Waals surface area contributed by atoms with Crippen molar-refractivity contribution in [1.29, 1.82) is 0 Å². The second-order valence-corrected chi connectivity index (χ2v) is 5.04. The summed E-state index contributed by atoms with van der Waals surface area (Å²) in [7, 11) is 0. The zero-order valence-electron chi connectivity index (χ0n) is 11.5. The zero-order valence-corrected chi connectivity index (χ0v) is 11.5. The second-order valence-electron chi connectivity index (χ2n) is 5.04. The standard InChI is InChI=1S/C16H18O3/c1-4-19-16-13(9-10(2)3)14(17)11-7-5-6-8-12(11)15(16)18/h5-8,10H,4,9H2,1-3H3. The fourth-order valence-corrected chi connectivity index (χ4v) is 2.29. The highest BCUT2D eigenvalue weighted by Gasteiger charge is 2.33. The van der Waals surface area contributed by atoms with Crippen molar-refractivity contribution in [3.8, 4) is 0 Å². The summed E-state index contributed by atoms with van der Waals surface area (Å²) in [6, 6.07) is 6.93. The van der Waals surface area contributed by atoms with Crippen molar-refractivity contribution in [2.24, 2.45) is 5.92 Å². The van der Waals surface area contributed by atoms with Crippen LogP contribution in [-0.4, -0.2) is 18.2 Å². The van der Waals surface area contributed by atoms with Gasteiger partial charge in [-0.1, -0.05) is 38.1 Å². The van der Waals surface area contributed by atoms with Crippen LogP contribution in [0.4, 0.5) is 0 Å². The van der Waals surface area contributed by atoms with Crippen LogP contribution in [0.2, 0.25) is 0 Å². The fourth-order valence-electron chi connectivity index (χ4n) is 2.29. The smallest absolute Gasteiger partial charge is 0.228 e. The fraction of sp³-hybridized carbons (Fsp3) is 0.375. The van der Waals surface area contributed by atoms with Gasteiger partial charge in [0.2, 0.25) is 5.78 Å². The van der Waals surface area contributed by atoms with Crippen molar-refractivity contribution >= 4 is 11.6 Å². The molecule has 0 N–H and O–H groups in total. The van der Waals surface area contributed by atoms with Gasteiger partial charge in [0.1, 0.15) is 0 Å². The van der Waals surface area contributed by atoms with Crippen LogP contribution in [0.3, 0.4) is 0 Å². The lowest BCUT2D eigenvalue weighted by Crippen LogP contribution is -2.24. The quantitative estimate of drug-likeness (QED) is 0.831. The number of ether oxygens (including phenoxy) is 1. The molecule has 3 nitrogen and oxygen atoms in total. The summed E-state index contributed by atoms with van der Waals surface area (Å²) in [5.41, 5.74) is 1.45. The summed E-state index contributed by atoms with van der Waals surface area (Å²) < 4.78 is 5.45. The molecule has 0 atom stereocenters. The molecule has 0 fully saturated rings. The second kappa shape index (κ2) is 5.39. The summed E-state index contributed by atoms with van der Waals surface area (Å²) in [4.78, 5) is 24.9. The molecular weight excluding hydrogens is 240 g/mol. The van der Waals surface area contributed by atoms with Gasteiger partial charge in [0.15, 0.2) is 11.5 Å². The SMILES string of the molecule is CCOC1=C(CC(C)C)C(=O)c2ccccc2C1=O. The number of benzene rings is 1. The van der Waals surface area contributed by atoms with E-state index in [0.717, 1.165) is 0 Å². The van der Waals surface area contributed by atoms with Crippen molar-refractivity contribution in [3.63, 3.8) is 0 Å². The Hall–Kier alpha value is -1.90. The van der Waals surface area contributed by atoms with E-state index in [1.807, 2.05) is 20.8 Å². The summed E-state index contributed by atoms with van der Waals surface area (Å²) in [6.07, 6.45) is 0.564. The first-order valence-electron chi connectivity index (χ1n) is 6.60. The summed E-state index contributed by atoms with van der Waals surface area (Å²) in [6.45, 7) is 6.25. The highest BCUT2D eigenvalue weighted by atomic mass is 16.5. The van der Waals surface area contributed by atoms with Gasteiger partial charge in [-0.2, -0.15) is 0 Å². The van der Waals surface area contributed by atoms with Gasteiger partial charge >= 0.3 is 0 Å². The molecule has 0 bridgehead atoms. The highest BCUT2D eigenvalue weighted by Crippen LogP contribution is 2.30. The van der Waals surface area contributed by atoms with Crippen molar-refractivity contribution < 1.29 is 14.3 Å². The molecule has 0 heterocycles. The maximum absolute atomic E-state index is 12.5. The predicted octanol–water partition coefficient (Wildman–Crippen LogP) is 3.40. The minimum Gasteiger partial charge on any atom is -0.489 e. The average molecular weight is 258 g/mol. The van der Waals surface area contributed by atoms with E-state index in [0.29, 0.717) is 35.6 Å². The molecule has 2 rings (SSSR count). The Bertz CT molecular complexity index is 553. The monoisotopic (exact) mass is 258 g/mol. The lowest BCUT2D eigenvalue weighted by molar-refractivity contribution is 0.0875. The average Bonchev–Trinajstić information content (AvgIpc) is 2.39. The third kappa shape index (κ3) is 2.46. The maximum atomic E-state index is 12.5. The molecule has 19 heavy (non-hydrogen) atoms. The van der Waals surface area contributed by atoms with E-state index in [9.17, 15) is 9.59 Å². The number of Topliss-reactive ketones (excluding diaryl/α,β-unsaturated/α-hetero) is 2. The van der Waals surface area contributed by atoms with E-state index in [1.54, 1.807) is 24.3 Å². The van der Waals surface area contributed by atoms with Crippen molar-refractivity contribution in [1.82, 2.24) is 0 Å². The van der Waals surface area contributed by atoms with Crippen LogP contribution in [0, 0.1) is 5.92 Å². The van der Waals surface area contributed by atoms with Crippen LogP contribution in [0.15, 0.2) is 35.6 Å². The zero-order chi connectivity index (χ0) is 14.0. The Balaban J connectivity index is 2.55. The van der Waals surface area contributed by atoms with E-state index in [1.165, 1.54) is 0 Å². The van der Waals surface area contributed by atoms with Crippen LogP contribution in [0.25, 0.3) is 0 Å². The van der Waals surface area contributed by atoms with Gasteiger partial charge < -0.3 is 4.74 Å². The third-order valence-electron chi connectivity index (χ3n) is 3.07. The molecule has 0 saturated heterocycles. The largest absolute Gasteiger partial charge is 0.489 e. The molecule has 0 aromatic heterocycles. The van der Waals surface area contributed by atoms with E-state index in [4.69, 9.17) is 4.74 Å². The Morgan fingerprint density at radius 1 is 1.05 bits per heavy atom. The topological polar surface area (TPSA) is 43.4 Å². The number of carbonyl (C=O) groups is 2. The number of rotatable bonds is 4. The first-order chi connectivity index (χ1) is 9.06. The molecule has 1 aromatic carbocycles. The van der Waals surface area contributed by atoms with Gasteiger partial charge in [-0.3, -0.25) is 9.59 Å². The molecule has 0 aliphatic heterocycles. The molecule has 3 heteroatoms. The minimum atomic E-state index is -0.173. The van der Waals surface area contributed by atoms with E-state index in [2.05, 4.69) is 0 Å². The van der Waals surface area contributed by atoms with E-state index in [-0.39, 0.29) is 17.3 Å². The first kappa shape index (κ1) is 13.5. The Morgan fingerprint density at radius 2 is 1.63 bits per heavy atom. The lowest BCUT2D eigenvalue weighted by atomic mass is 9.84. The molecule has 1 aromatic rings. The van der Waals surface area contributed by atoms with Gasteiger partial charge in [0.25, 0.3) is 0 Å². The Morgan fingerprint density at radius 3 is 2.16 bits per heavy atom. The first-order valence-corrected chi connectivity index (χ1v) is 6.60. The predicted molar refractivity (Wildman–Crippen MR) is 73.2 cm³/mol. The van der Waals surface area contributed by atoms with Gasteiger partial charge in [-0.15, -0.1) is 0 Å². The summed E-state index contributed by atoms with van der Waals surface area (Å²) in [5, 5.41) is 0. The third-order valence-corrected chi connectivity index (χ3v) is 3.07. The van der Waals surface area contributed by atoms with Crippen LogP contribution in [0.1, 0.15) is 47.9 Å². The van der Waals surface area contributed by atoms with Gasteiger partial charge in [0, 0.05) is 16.7 Å². The van der Waals surface area contributed by atoms with Gasteiger partial charge in [-0.05, 0) is 19.3 Å². The number of carbonyl (C=O) groups excluding carboxylic acids is 2. The molecule has 1 aliphatic carbocycles. The van der Waals surface area contributed by atoms with E-state index >= 15 is 0 Å². The van der Waals surface area contributed by atoms with Gasteiger partial charge in [0.05, 0.1) is 6.61 Å². The lowest BCUT2D eigenvalue weighted by Gasteiger charge is -2.21. The number of allylic oxidation sites excluding steroid dienone is 2. The Labute approximate surface area is 113 Å².